The minimum atomic E-state index is -0.452. The SMILES string of the molecule is O=C1COc2ccc(C#CCCNC(=O)OCC3c4ccccc4-c4ccccc43)cc2N1. The molecule has 0 aromatic heterocycles. The Kier molecular flexibility index (Phi) is 5.69. The maximum atomic E-state index is 12.2. The molecule has 3 aromatic carbocycles. The zero-order valence-electron chi connectivity index (χ0n) is 17.9. The molecular formula is C27H22N2O4. The summed E-state index contributed by atoms with van der Waals surface area (Å²) in [6.07, 6.45) is 0.0248. The Morgan fingerprint density at radius 3 is 2.55 bits per heavy atom. The van der Waals surface area contributed by atoms with E-state index in [0.29, 0.717) is 24.4 Å². The number of fused-ring (bicyclic) bond motifs is 4. The molecule has 0 spiro atoms. The van der Waals surface area contributed by atoms with Crippen molar-refractivity contribution in [1.82, 2.24) is 5.32 Å². The average molecular weight is 438 g/mol. The van der Waals surface area contributed by atoms with Crippen molar-refractivity contribution in [3.8, 4) is 28.7 Å². The molecule has 0 fully saturated rings. The van der Waals surface area contributed by atoms with Gasteiger partial charge in [0.25, 0.3) is 5.91 Å². The second kappa shape index (κ2) is 9.09. The van der Waals surface area contributed by atoms with E-state index in [0.717, 1.165) is 5.56 Å². The Morgan fingerprint density at radius 2 is 1.79 bits per heavy atom. The van der Waals surface area contributed by atoms with Crippen LogP contribution in [-0.4, -0.2) is 31.8 Å². The highest BCUT2D eigenvalue weighted by atomic mass is 16.5. The Hall–Kier alpha value is -4.24. The molecule has 0 atom stereocenters. The predicted octanol–water partition coefficient (Wildman–Crippen LogP) is 4.30. The van der Waals surface area contributed by atoms with Crippen molar-refractivity contribution in [3.05, 3.63) is 83.4 Å². The molecule has 3 aromatic rings. The molecule has 6 heteroatoms. The monoisotopic (exact) mass is 438 g/mol. The number of amides is 2. The summed E-state index contributed by atoms with van der Waals surface area (Å²) in [7, 11) is 0. The third-order valence-electron chi connectivity index (χ3n) is 5.71. The van der Waals surface area contributed by atoms with Crippen LogP contribution in [0.2, 0.25) is 0 Å². The van der Waals surface area contributed by atoms with Crippen LogP contribution in [0.4, 0.5) is 10.5 Å². The minimum Gasteiger partial charge on any atom is -0.482 e. The van der Waals surface area contributed by atoms with E-state index in [4.69, 9.17) is 9.47 Å². The van der Waals surface area contributed by atoms with Gasteiger partial charge in [-0.3, -0.25) is 4.79 Å². The van der Waals surface area contributed by atoms with E-state index in [9.17, 15) is 9.59 Å². The van der Waals surface area contributed by atoms with Gasteiger partial charge < -0.3 is 20.1 Å². The fraction of sp³-hybridized carbons (Fsp3) is 0.185. The molecule has 2 aliphatic rings. The molecule has 2 N–H and O–H groups in total. The van der Waals surface area contributed by atoms with Gasteiger partial charge in [-0.2, -0.15) is 0 Å². The fourth-order valence-electron chi connectivity index (χ4n) is 4.20. The Balaban J connectivity index is 1.12. The third kappa shape index (κ3) is 4.39. The molecule has 0 bridgehead atoms. The van der Waals surface area contributed by atoms with Gasteiger partial charge in [-0.05, 0) is 40.5 Å². The molecule has 0 unspecified atom stereocenters. The molecule has 1 heterocycles. The van der Waals surface area contributed by atoms with Crippen LogP contribution in [-0.2, 0) is 9.53 Å². The molecule has 33 heavy (non-hydrogen) atoms. The summed E-state index contributed by atoms with van der Waals surface area (Å²) < 4.78 is 10.9. The molecule has 2 amide bonds. The lowest BCUT2D eigenvalue weighted by Crippen LogP contribution is -2.26. The van der Waals surface area contributed by atoms with Gasteiger partial charge in [0.15, 0.2) is 6.61 Å². The van der Waals surface area contributed by atoms with Gasteiger partial charge in [-0.1, -0.05) is 60.4 Å². The summed E-state index contributed by atoms with van der Waals surface area (Å²) in [6.45, 7) is 0.697. The highest BCUT2D eigenvalue weighted by Crippen LogP contribution is 2.44. The van der Waals surface area contributed by atoms with Crippen LogP contribution >= 0.6 is 0 Å². The molecule has 0 radical (unpaired) electrons. The first-order valence-electron chi connectivity index (χ1n) is 10.8. The number of ether oxygens (including phenoxy) is 2. The lowest BCUT2D eigenvalue weighted by Gasteiger charge is -2.17. The molecule has 0 saturated heterocycles. The number of rotatable bonds is 4. The number of carbonyl (C=O) groups is 2. The number of alkyl carbamates (subject to hydrolysis) is 1. The number of benzene rings is 3. The summed E-state index contributed by atoms with van der Waals surface area (Å²) >= 11 is 0. The topological polar surface area (TPSA) is 76.7 Å². The van der Waals surface area contributed by atoms with Crippen LogP contribution in [0.5, 0.6) is 5.75 Å². The number of hydrogen-bond acceptors (Lipinski definition) is 4. The summed E-state index contributed by atoms with van der Waals surface area (Å²) in [4.78, 5) is 23.6. The average Bonchev–Trinajstić information content (AvgIpc) is 3.16. The summed E-state index contributed by atoms with van der Waals surface area (Å²) in [5, 5.41) is 5.52. The predicted molar refractivity (Wildman–Crippen MR) is 125 cm³/mol. The van der Waals surface area contributed by atoms with Crippen molar-refractivity contribution in [2.75, 3.05) is 25.1 Å². The molecular weight excluding hydrogens is 416 g/mol. The largest absolute Gasteiger partial charge is 0.482 e. The zero-order valence-corrected chi connectivity index (χ0v) is 17.9. The molecule has 1 aliphatic heterocycles. The number of nitrogens with one attached hydrogen (secondary N) is 2. The highest BCUT2D eigenvalue weighted by Gasteiger charge is 2.28. The Morgan fingerprint density at radius 1 is 1.06 bits per heavy atom. The third-order valence-corrected chi connectivity index (χ3v) is 5.71. The van der Waals surface area contributed by atoms with Gasteiger partial charge in [0.05, 0.1) is 5.69 Å². The van der Waals surface area contributed by atoms with Crippen LogP contribution in [0.1, 0.15) is 29.0 Å². The normalized spacial score (nSPS) is 13.4. The van der Waals surface area contributed by atoms with Crippen LogP contribution < -0.4 is 15.4 Å². The number of hydrogen-bond donors (Lipinski definition) is 2. The van der Waals surface area contributed by atoms with E-state index >= 15 is 0 Å². The second-order valence-electron chi connectivity index (χ2n) is 7.85. The van der Waals surface area contributed by atoms with Crippen molar-refractivity contribution in [3.63, 3.8) is 0 Å². The maximum Gasteiger partial charge on any atom is 0.407 e. The summed E-state index contributed by atoms with van der Waals surface area (Å²) in [6, 6.07) is 21.9. The van der Waals surface area contributed by atoms with Crippen molar-refractivity contribution < 1.29 is 19.1 Å². The van der Waals surface area contributed by atoms with Crippen LogP contribution in [0.15, 0.2) is 66.7 Å². The molecule has 164 valence electrons. The lowest BCUT2D eigenvalue weighted by molar-refractivity contribution is -0.118. The Labute approximate surface area is 191 Å². The van der Waals surface area contributed by atoms with E-state index in [1.54, 1.807) is 12.1 Å². The first-order chi connectivity index (χ1) is 16.2. The highest BCUT2D eigenvalue weighted by molar-refractivity contribution is 5.95. The number of carbonyl (C=O) groups excluding carboxylic acids is 2. The fourth-order valence-corrected chi connectivity index (χ4v) is 4.20. The lowest BCUT2D eigenvalue weighted by atomic mass is 9.98. The van der Waals surface area contributed by atoms with Crippen LogP contribution in [0, 0.1) is 11.8 Å². The smallest absolute Gasteiger partial charge is 0.407 e. The van der Waals surface area contributed by atoms with Gasteiger partial charge in [0, 0.05) is 24.4 Å². The van der Waals surface area contributed by atoms with E-state index in [1.807, 2.05) is 30.3 Å². The molecule has 0 saturated carbocycles. The van der Waals surface area contributed by atoms with Crippen molar-refractivity contribution >= 4 is 17.7 Å². The summed E-state index contributed by atoms with van der Waals surface area (Å²) in [5.74, 6) is 6.55. The zero-order chi connectivity index (χ0) is 22.6. The molecule has 1 aliphatic carbocycles. The maximum absolute atomic E-state index is 12.2. The molecule has 5 rings (SSSR count). The quantitative estimate of drug-likeness (QED) is 0.471. The van der Waals surface area contributed by atoms with E-state index < -0.39 is 6.09 Å². The first kappa shape index (κ1) is 20.7. The van der Waals surface area contributed by atoms with Crippen molar-refractivity contribution in [2.45, 2.75) is 12.3 Å². The van der Waals surface area contributed by atoms with E-state index in [1.165, 1.54) is 22.3 Å². The van der Waals surface area contributed by atoms with Gasteiger partial charge in [-0.25, -0.2) is 4.79 Å². The van der Waals surface area contributed by atoms with Crippen molar-refractivity contribution in [2.24, 2.45) is 0 Å². The van der Waals surface area contributed by atoms with Gasteiger partial charge in [0.2, 0.25) is 0 Å². The standard InChI is InChI=1S/C27H22N2O4/c30-26-17-32-25-13-12-18(15-24(25)29-26)7-5-6-14-28-27(31)33-16-23-21-10-3-1-8-19(21)20-9-2-4-11-22(20)23/h1-4,8-13,15,23H,6,14,16-17H2,(H,28,31)(H,29,30). The Bertz CT molecular complexity index is 1240. The number of anilines is 1. The van der Waals surface area contributed by atoms with E-state index in [2.05, 4.69) is 46.7 Å². The van der Waals surface area contributed by atoms with Gasteiger partial charge >= 0.3 is 6.09 Å². The summed E-state index contributed by atoms with van der Waals surface area (Å²) in [5.41, 5.74) is 6.15. The van der Waals surface area contributed by atoms with Crippen LogP contribution in [0.25, 0.3) is 11.1 Å². The van der Waals surface area contributed by atoms with Crippen molar-refractivity contribution in [1.29, 1.82) is 0 Å². The van der Waals surface area contributed by atoms with Gasteiger partial charge in [0.1, 0.15) is 12.4 Å². The molecule has 6 nitrogen and oxygen atoms in total. The second-order valence-corrected chi connectivity index (χ2v) is 7.85. The van der Waals surface area contributed by atoms with Gasteiger partial charge in [-0.15, -0.1) is 0 Å². The van der Waals surface area contributed by atoms with E-state index in [-0.39, 0.29) is 25.0 Å². The van der Waals surface area contributed by atoms with Crippen LogP contribution in [0.3, 0.4) is 0 Å². The minimum absolute atomic E-state index is 0.0273. The first-order valence-corrected chi connectivity index (χ1v) is 10.8.